The first-order chi connectivity index (χ1) is 8.77. The van der Waals surface area contributed by atoms with E-state index in [-0.39, 0.29) is 6.10 Å². The summed E-state index contributed by atoms with van der Waals surface area (Å²) in [4.78, 5) is 4.43. The number of ether oxygens (including phenoxy) is 1. The Kier molecular flexibility index (Phi) is 8.64. The van der Waals surface area contributed by atoms with Gasteiger partial charge in [0.05, 0.1) is 11.6 Å². The lowest BCUT2D eigenvalue weighted by molar-refractivity contribution is 0.0625. The van der Waals surface area contributed by atoms with Crippen LogP contribution >= 0.6 is 22.9 Å². The number of halogens is 1. The van der Waals surface area contributed by atoms with Crippen LogP contribution in [0, 0.1) is 0 Å². The number of hydrogen-bond acceptors (Lipinski definition) is 3. The van der Waals surface area contributed by atoms with Gasteiger partial charge < -0.3 is 4.74 Å². The standard InChI is InChI=1S/C14H24ClNOS/c1-3-4-5-6-7-8-9-17-12(2)14-16-13(10-15)11-18-14/h11-12H,3-10H2,1-2H3. The van der Waals surface area contributed by atoms with Gasteiger partial charge in [-0.05, 0) is 13.3 Å². The Balaban J connectivity index is 2.08. The number of aromatic nitrogens is 1. The van der Waals surface area contributed by atoms with Crippen molar-refractivity contribution in [1.82, 2.24) is 4.98 Å². The number of hydrogen-bond donors (Lipinski definition) is 0. The van der Waals surface area contributed by atoms with Crippen molar-refractivity contribution in [3.63, 3.8) is 0 Å². The zero-order valence-electron chi connectivity index (χ0n) is 11.5. The number of unbranched alkanes of at least 4 members (excludes halogenated alkanes) is 5. The van der Waals surface area contributed by atoms with E-state index >= 15 is 0 Å². The Labute approximate surface area is 120 Å². The Morgan fingerprint density at radius 3 is 2.67 bits per heavy atom. The first-order valence-corrected chi connectivity index (χ1v) is 8.31. The fourth-order valence-corrected chi connectivity index (χ4v) is 2.84. The van der Waals surface area contributed by atoms with Gasteiger partial charge in [-0.1, -0.05) is 39.0 Å². The van der Waals surface area contributed by atoms with Crippen molar-refractivity contribution in [1.29, 1.82) is 0 Å². The number of alkyl halides is 1. The minimum Gasteiger partial charge on any atom is -0.371 e. The summed E-state index contributed by atoms with van der Waals surface area (Å²) in [5, 5.41) is 3.05. The van der Waals surface area contributed by atoms with E-state index in [1.165, 1.54) is 32.1 Å². The van der Waals surface area contributed by atoms with Crippen LogP contribution in [0.1, 0.15) is 69.2 Å². The van der Waals surface area contributed by atoms with E-state index in [0.717, 1.165) is 23.7 Å². The smallest absolute Gasteiger partial charge is 0.122 e. The Morgan fingerprint density at radius 1 is 1.28 bits per heavy atom. The summed E-state index contributed by atoms with van der Waals surface area (Å²) < 4.78 is 5.80. The summed E-state index contributed by atoms with van der Waals surface area (Å²) in [6.45, 7) is 5.14. The Bertz CT molecular complexity index is 316. The maximum absolute atomic E-state index is 5.80. The molecule has 0 bridgehead atoms. The second kappa shape index (κ2) is 9.76. The summed E-state index contributed by atoms with van der Waals surface area (Å²) in [5.74, 6) is 0.487. The van der Waals surface area contributed by atoms with E-state index in [1.54, 1.807) is 11.3 Å². The maximum atomic E-state index is 5.80. The molecule has 0 aliphatic rings. The van der Waals surface area contributed by atoms with Crippen LogP contribution in [0.15, 0.2) is 5.38 Å². The van der Waals surface area contributed by atoms with Crippen LogP contribution in [0.25, 0.3) is 0 Å². The third kappa shape index (κ3) is 6.17. The molecule has 0 aliphatic heterocycles. The molecule has 0 radical (unpaired) electrons. The average molecular weight is 290 g/mol. The predicted octanol–water partition coefficient (Wildman–Crippen LogP) is 5.32. The summed E-state index contributed by atoms with van der Waals surface area (Å²) in [6.07, 6.45) is 7.89. The van der Waals surface area contributed by atoms with Gasteiger partial charge >= 0.3 is 0 Å². The van der Waals surface area contributed by atoms with Crippen LogP contribution in [0.4, 0.5) is 0 Å². The lowest BCUT2D eigenvalue weighted by atomic mass is 10.1. The molecule has 1 heterocycles. The molecule has 1 atom stereocenters. The minimum absolute atomic E-state index is 0.0996. The van der Waals surface area contributed by atoms with E-state index in [4.69, 9.17) is 16.3 Å². The molecule has 1 unspecified atom stereocenters. The summed E-state index contributed by atoms with van der Waals surface area (Å²) in [7, 11) is 0. The van der Waals surface area contributed by atoms with Crippen molar-refractivity contribution in [3.05, 3.63) is 16.1 Å². The molecule has 0 amide bonds. The van der Waals surface area contributed by atoms with E-state index < -0.39 is 0 Å². The molecule has 0 saturated heterocycles. The van der Waals surface area contributed by atoms with Crippen molar-refractivity contribution in [3.8, 4) is 0 Å². The molecule has 0 saturated carbocycles. The second-order valence-electron chi connectivity index (χ2n) is 4.59. The molecule has 0 fully saturated rings. The van der Waals surface area contributed by atoms with Crippen LogP contribution in [0.2, 0.25) is 0 Å². The fraction of sp³-hybridized carbons (Fsp3) is 0.786. The van der Waals surface area contributed by atoms with Crippen LogP contribution in [-0.4, -0.2) is 11.6 Å². The molecule has 0 N–H and O–H groups in total. The molecular formula is C14H24ClNOS. The summed E-state index contributed by atoms with van der Waals surface area (Å²) in [6, 6.07) is 0. The molecule has 1 aromatic heterocycles. The molecule has 104 valence electrons. The van der Waals surface area contributed by atoms with Gasteiger partial charge in [0.2, 0.25) is 0 Å². The van der Waals surface area contributed by atoms with Crippen LogP contribution in [0.3, 0.4) is 0 Å². The molecule has 0 aliphatic carbocycles. The van der Waals surface area contributed by atoms with Crippen molar-refractivity contribution >= 4 is 22.9 Å². The first-order valence-electron chi connectivity index (χ1n) is 6.89. The zero-order valence-corrected chi connectivity index (χ0v) is 13.0. The van der Waals surface area contributed by atoms with Gasteiger partial charge in [-0.3, -0.25) is 0 Å². The highest BCUT2D eigenvalue weighted by Gasteiger charge is 2.10. The summed E-state index contributed by atoms with van der Waals surface area (Å²) >= 11 is 7.37. The quantitative estimate of drug-likeness (QED) is 0.429. The number of rotatable bonds is 10. The molecule has 0 aromatic carbocycles. The zero-order chi connectivity index (χ0) is 13.2. The van der Waals surface area contributed by atoms with Gasteiger partial charge in [0.1, 0.15) is 11.1 Å². The van der Waals surface area contributed by atoms with E-state index in [1.807, 2.05) is 5.38 Å². The highest BCUT2D eigenvalue weighted by Crippen LogP contribution is 2.22. The largest absolute Gasteiger partial charge is 0.371 e. The third-order valence-electron chi connectivity index (χ3n) is 2.92. The van der Waals surface area contributed by atoms with Crippen molar-refractivity contribution in [2.75, 3.05) is 6.61 Å². The fourth-order valence-electron chi connectivity index (χ4n) is 1.78. The average Bonchev–Trinajstić information content (AvgIpc) is 2.86. The van der Waals surface area contributed by atoms with Crippen molar-refractivity contribution < 1.29 is 4.74 Å². The van der Waals surface area contributed by atoms with E-state index in [9.17, 15) is 0 Å². The molecular weight excluding hydrogens is 266 g/mol. The summed E-state index contributed by atoms with van der Waals surface area (Å²) in [5.41, 5.74) is 0.951. The monoisotopic (exact) mass is 289 g/mol. The van der Waals surface area contributed by atoms with Gasteiger partial charge in [0.15, 0.2) is 0 Å². The third-order valence-corrected chi connectivity index (χ3v) is 4.25. The Morgan fingerprint density at radius 2 is 2.00 bits per heavy atom. The van der Waals surface area contributed by atoms with Gasteiger partial charge in [-0.2, -0.15) is 0 Å². The predicted molar refractivity (Wildman–Crippen MR) is 79.4 cm³/mol. The van der Waals surface area contributed by atoms with Gasteiger partial charge in [0.25, 0.3) is 0 Å². The highest BCUT2D eigenvalue weighted by atomic mass is 35.5. The van der Waals surface area contributed by atoms with Gasteiger partial charge in [0, 0.05) is 12.0 Å². The van der Waals surface area contributed by atoms with Crippen LogP contribution in [0.5, 0.6) is 0 Å². The van der Waals surface area contributed by atoms with Gasteiger partial charge in [-0.25, -0.2) is 4.98 Å². The lowest BCUT2D eigenvalue weighted by Gasteiger charge is -2.10. The van der Waals surface area contributed by atoms with Crippen molar-refractivity contribution in [2.24, 2.45) is 0 Å². The maximum Gasteiger partial charge on any atom is 0.122 e. The van der Waals surface area contributed by atoms with Crippen LogP contribution < -0.4 is 0 Å². The number of thiazole rings is 1. The molecule has 0 spiro atoms. The van der Waals surface area contributed by atoms with E-state index in [0.29, 0.717) is 5.88 Å². The molecule has 1 rings (SSSR count). The molecule has 4 heteroatoms. The molecule has 2 nitrogen and oxygen atoms in total. The number of nitrogens with zero attached hydrogens (tertiary/aromatic N) is 1. The molecule has 18 heavy (non-hydrogen) atoms. The minimum atomic E-state index is 0.0996. The van der Waals surface area contributed by atoms with Crippen molar-refractivity contribution in [2.45, 2.75) is 64.4 Å². The highest BCUT2D eigenvalue weighted by molar-refractivity contribution is 7.09. The SMILES string of the molecule is CCCCCCCCOC(C)c1nc(CCl)cs1. The second-order valence-corrected chi connectivity index (χ2v) is 5.75. The van der Waals surface area contributed by atoms with Crippen LogP contribution in [-0.2, 0) is 10.6 Å². The van der Waals surface area contributed by atoms with Gasteiger partial charge in [-0.15, -0.1) is 22.9 Å². The Hall–Kier alpha value is -0.120. The molecule has 1 aromatic rings. The first kappa shape index (κ1) is 15.9. The normalized spacial score (nSPS) is 12.8. The topological polar surface area (TPSA) is 22.1 Å². The van der Waals surface area contributed by atoms with E-state index in [2.05, 4.69) is 18.8 Å². The lowest BCUT2D eigenvalue weighted by Crippen LogP contribution is -2.01.